The molecule has 0 aliphatic carbocycles. The molecule has 0 aliphatic rings. The SMILES string of the molecule is O=C(O)CCCCC=Cc1ccc2nc(-c3ccccc3)n(-c3ccccc3)c2c1. The number of allylic oxidation sites excluding steroid dienone is 1. The number of aromatic nitrogens is 2. The lowest BCUT2D eigenvalue weighted by Gasteiger charge is -2.09. The Hall–Kier alpha value is -3.66. The highest BCUT2D eigenvalue weighted by atomic mass is 16.4. The number of benzene rings is 3. The van der Waals surface area contributed by atoms with Crippen molar-refractivity contribution in [2.24, 2.45) is 0 Å². The van der Waals surface area contributed by atoms with Crippen LogP contribution in [0.1, 0.15) is 31.2 Å². The molecular weight excluding hydrogens is 372 g/mol. The maximum atomic E-state index is 10.6. The molecule has 3 aromatic carbocycles. The Morgan fingerprint density at radius 1 is 0.933 bits per heavy atom. The highest BCUT2D eigenvalue weighted by Gasteiger charge is 2.14. The lowest BCUT2D eigenvalue weighted by Crippen LogP contribution is -1.97. The van der Waals surface area contributed by atoms with Crippen LogP contribution in [0.25, 0.3) is 34.2 Å². The quantitative estimate of drug-likeness (QED) is 0.353. The molecule has 0 spiro atoms. The predicted molar refractivity (Wildman–Crippen MR) is 122 cm³/mol. The number of hydrogen-bond acceptors (Lipinski definition) is 2. The summed E-state index contributed by atoms with van der Waals surface area (Å²) in [6.07, 6.45) is 6.91. The minimum atomic E-state index is -0.729. The van der Waals surface area contributed by atoms with Gasteiger partial charge in [-0.1, -0.05) is 66.7 Å². The van der Waals surface area contributed by atoms with Crippen LogP contribution in [0.15, 0.2) is 84.9 Å². The van der Waals surface area contributed by atoms with Gasteiger partial charge in [0, 0.05) is 17.7 Å². The summed E-state index contributed by atoms with van der Waals surface area (Å²) >= 11 is 0. The van der Waals surface area contributed by atoms with Gasteiger partial charge in [-0.3, -0.25) is 9.36 Å². The number of carboxylic acids is 1. The molecule has 0 unspecified atom stereocenters. The average molecular weight is 396 g/mol. The molecule has 0 amide bonds. The third-order valence-electron chi connectivity index (χ3n) is 5.05. The van der Waals surface area contributed by atoms with Crippen molar-refractivity contribution in [2.75, 3.05) is 0 Å². The summed E-state index contributed by atoms with van der Waals surface area (Å²) in [5.41, 5.74) is 5.28. The summed E-state index contributed by atoms with van der Waals surface area (Å²) in [7, 11) is 0. The first-order valence-electron chi connectivity index (χ1n) is 10.2. The van der Waals surface area contributed by atoms with Gasteiger partial charge in [0.05, 0.1) is 11.0 Å². The first kappa shape index (κ1) is 19.6. The van der Waals surface area contributed by atoms with E-state index in [1.165, 1.54) is 0 Å². The summed E-state index contributed by atoms with van der Waals surface area (Å²) in [6, 6.07) is 26.8. The van der Waals surface area contributed by atoms with Crippen LogP contribution >= 0.6 is 0 Å². The molecular formula is C26H24N2O2. The van der Waals surface area contributed by atoms with Crippen molar-refractivity contribution >= 4 is 23.1 Å². The summed E-state index contributed by atoms with van der Waals surface area (Å²) in [4.78, 5) is 15.5. The molecule has 4 aromatic rings. The average Bonchev–Trinajstić information content (AvgIpc) is 3.16. The van der Waals surface area contributed by atoms with Gasteiger partial charge in [0.1, 0.15) is 5.82 Å². The fourth-order valence-electron chi connectivity index (χ4n) is 3.57. The molecule has 0 saturated heterocycles. The normalized spacial score (nSPS) is 11.3. The highest BCUT2D eigenvalue weighted by Crippen LogP contribution is 2.29. The van der Waals surface area contributed by atoms with E-state index in [2.05, 4.69) is 59.2 Å². The lowest BCUT2D eigenvalue weighted by atomic mass is 10.1. The molecule has 1 heterocycles. The van der Waals surface area contributed by atoms with Crippen molar-refractivity contribution in [3.05, 3.63) is 90.5 Å². The number of carbonyl (C=O) groups is 1. The summed E-state index contributed by atoms with van der Waals surface area (Å²) < 4.78 is 2.20. The van der Waals surface area contributed by atoms with Gasteiger partial charge in [0.2, 0.25) is 0 Å². The van der Waals surface area contributed by atoms with Crippen molar-refractivity contribution in [2.45, 2.75) is 25.7 Å². The number of unbranched alkanes of at least 4 members (excludes halogenated alkanes) is 2. The summed E-state index contributed by atoms with van der Waals surface area (Å²) in [5.74, 6) is 0.194. The molecule has 4 nitrogen and oxygen atoms in total. The van der Waals surface area contributed by atoms with Gasteiger partial charge in [-0.15, -0.1) is 0 Å². The minimum absolute atomic E-state index is 0.234. The third kappa shape index (κ3) is 4.49. The zero-order valence-electron chi connectivity index (χ0n) is 16.7. The molecule has 0 radical (unpaired) electrons. The van der Waals surface area contributed by atoms with Crippen LogP contribution in [0.5, 0.6) is 0 Å². The van der Waals surface area contributed by atoms with Crippen LogP contribution < -0.4 is 0 Å². The van der Waals surface area contributed by atoms with E-state index >= 15 is 0 Å². The number of para-hydroxylation sites is 1. The number of fused-ring (bicyclic) bond motifs is 1. The molecule has 0 bridgehead atoms. The molecule has 4 heteroatoms. The first-order chi connectivity index (χ1) is 14.7. The fourth-order valence-corrected chi connectivity index (χ4v) is 3.57. The Morgan fingerprint density at radius 2 is 1.67 bits per heavy atom. The molecule has 0 fully saturated rings. The Morgan fingerprint density at radius 3 is 2.40 bits per heavy atom. The number of imidazole rings is 1. The van der Waals surface area contributed by atoms with Crippen LogP contribution in [-0.4, -0.2) is 20.6 Å². The zero-order chi connectivity index (χ0) is 20.8. The fraction of sp³-hybridized carbons (Fsp3) is 0.154. The molecule has 0 saturated carbocycles. The van der Waals surface area contributed by atoms with E-state index in [1.807, 2.05) is 36.4 Å². The molecule has 4 rings (SSSR count). The maximum Gasteiger partial charge on any atom is 0.303 e. The van der Waals surface area contributed by atoms with Crippen molar-refractivity contribution in [3.8, 4) is 17.1 Å². The van der Waals surface area contributed by atoms with E-state index in [-0.39, 0.29) is 6.42 Å². The van der Waals surface area contributed by atoms with Crippen molar-refractivity contribution in [1.82, 2.24) is 9.55 Å². The predicted octanol–water partition coefficient (Wildman–Crippen LogP) is 6.35. The van der Waals surface area contributed by atoms with Crippen LogP contribution in [0, 0.1) is 0 Å². The standard InChI is InChI=1S/C26H24N2O2/c29-25(30)16-10-2-1-5-11-20-17-18-23-24(19-20)28(22-14-8-4-9-15-22)26(27-23)21-12-6-3-7-13-21/h3-9,11-15,17-19H,1-2,10,16H2,(H,29,30). The van der Waals surface area contributed by atoms with Crippen molar-refractivity contribution < 1.29 is 9.90 Å². The van der Waals surface area contributed by atoms with Crippen LogP contribution in [-0.2, 0) is 4.79 Å². The van der Waals surface area contributed by atoms with E-state index in [0.29, 0.717) is 6.42 Å². The monoisotopic (exact) mass is 396 g/mol. The van der Waals surface area contributed by atoms with Crippen molar-refractivity contribution in [1.29, 1.82) is 0 Å². The van der Waals surface area contributed by atoms with E-state index in [1.54, 1.807) is 0 Å². The highest BCUT2D eigenvalue weighted by molar-refractivity contribution is 5.85. The molecule has 150 valence electrons. The lowest BCUT2D eigenvalue weighted by molar-refractivity contribution is -0.137. The number of nitrogens with zero attached hydrogens (tertiary/aromatic N) is 2. The maximum absolute atomic E-state index is 10.6. The summed E-state index contributed by atoms with van der Waals surface area (Å²) in [5, 5.41) is 8.73. The Balaban J connectivity index is 1.68. The van der Waals surface area contributed by atoms with Gasteiger partial charge < -0.3 is 5.11 Å². The first-order valence-corrected chi connectivity index (χ1v) is 10.2. The van der Waals surface area contributed by atoms with Crippen LogP contribution in [0.4, 0.5) is 0 Å². The molecule has 1 N–H and O–H groups in total. The number of rotatable bonds is 8. The van der Waals surface area contributed by atoms with Crippen LogP contribution in [0.3, 0.4) is 0 Å². The van der Waals surface area contributed by atoms with Gasteiger partial charge in [0.25, 0.3) is 0 Å². The molecule has 0 atom stereocenters. The summed E-state index contributed by atoms with van der Waals surface area (Å²) in [6.45, 7) is 0. The van der Waals surface area contributed by atoms with Crippen molar-refractivity contribution in [3.63, 3.8) is 0 Å². The van der Waals surface area contributed by atoms with Gasteiger partial charge in [-0.2, -0.15) is 0 Å². The van der Waals surface area contributed by atoms with Gasteiger partial charge in [-0.25, -0.2) is 4.98 Å². The second-order valence-corrected chi connectivity index (χ2v) is 7.26. The van der Waals surface area contributed by atoms with Gasteiger partial charge in [-0.05, 0) is 49.1 Å². The van der Waals surface area contributed by atoms with E-state index < -0.39 is 5.97 Å². The van der Waals surface area contributed by atoms with E-state index in [9.17, 15) is 4.79 Å². The third-order valence-corrected chi connectivity index (χ3v) is 5.05. The Bertz CT molecular complexity index is 1160. The zero-order valence-corrected chi connectivity index (χ0v) is 16.7. The minimum Gasteiger partial charge on any atom is -0.481 e. The molecule has 30 heavy (non-hydrogen) atoms. The molecule has 0 aliphatic heterocycles. The molecule has 1 aromatic heterocycles. The largest absolute Gasteiger partial charge is 0.481 e. The van der Waals surface area contributed by atoms with Crippen LogP contribution in [0.2, 0.25) is 0 Å². The van der Waals surface area contributed by atoms with E-state index in [4.69, 9.17) is 10.1 Å². The second-order valence-electron chi connectivity index (χ2n) is 7.26. The number of hydrogen-bond donors (Lipinski definition) is 1. The van der Waals surface area contributed by atoms with Gasteiger partial charge >= 0.3 is 5.97 Å². The Kier molecular flexibility index (Phi) is 6.04. The van der Waals surface area contributed by atoms with Gasteiger partial charge in [0.15, 0.2) is 0 Å². The number of aliphatic carboxylic acids is 1. The Labute approximate surface area is 176 Å². The smallest absolute Gasteiger partial charge is 0.303 e. The van der Waals surface area contributed by atoms with E-state index in [0.717, 1.165) is 46.5 Å². The number of carboxylic acid groups (broad SMARTS) is 1. The second kappa shape index (κ2) is 9.23. The topological polar surface area (TPSA) is 55.1 Å².